The number of ether oxygens (including phenoxy) is 1. The average molecular weight is 322 g/mol. The number of nitrogens with zero attached hydrogens (tertiary/aromatic N) is 2. The monoisotopic (exact) mass is 322 g/mol. The molecule has 0 aliphatic heterocycles. The van der Waals surface area contributed by atoms with Crippen molar-refractivity contribution >= 4 is 11.8 Å². The number of aryl methyl sites for hydroxylation is 1. The van der Waals surface area contributed by atoms with Gasteiger partial charge in [0.15, 0.2) is 5.16 Å². The standard InChI is InChI=1S/C19H18N2OS/c1-14-12-18(16-6-4-3-5-7-16)21-19(20-14)23-13-15-8-10-17(22-2)11-9-15/h3-12H,13H2,1-2H3. The molecule has 0 fully saturated rings. The average Bonchev–Trinajstić information content (AvgIpc) is 2.61. The zero-order valence-corrected chi connectivity index (χ0v) is 14.0. The highest BCUT2D eigenvalue weighted by atomic mass is 32.2. The lowest BCUT2D eigenvalue weighted by Gasteiger charge is -2.06. The summed E-state index contributed by atoms with van der Waals surface area (Å²) in [4.78, 5) is 9.22. The minimum atomic E-state index is 0.805. The van der Waals surface area contributed by atoms with Crippen LogP contribution in [0.1, 0.15) is 11.3 Å². The smallest absolute Gasteiger partial charge is 0.188 e. The lowest BCUT2D eigenvalue weighted by Crippen LogP contribution is -1.94. The first-order valence-electron chi connectivity index (χ1n) is 7.41. The van der Waals surface area contributed by atoms with Gasteiger partial charge in [-0.15, -0.1) is 0 Å². The fourth-order valence-electron chi connectivity index (χ4n) is 2.23. The highest BCUT2D eigenvalue weighted by Gasteiger charge is 2.06. The Morgan fingerprint density at radius 2 is 1.70 bits per heavy atom. The predicted molar refractivity (Wildman–Crippen MR) is 94.8 cm³/mol. The van der Waals surface area contributed by atoms with E-state index in [2.05, 4.69) is 34.2 Å². The molecule has 0 spiro atoms. The summed E-state index contributed by atoms with van der Waals surface area (Å²) in [7, 11) is 1.68. The van der Waals surface area contributed by atoms with Crippen molar-refractivity contribution in [2.75, 3.05) is 7.11 Å². The number of rotatable bonds is 5. The Bertz CT molecular complexity index is 773. The first-order valence-corrected chi connectivity index (χ1v) is 8.40. The Labute approximate surface area is 140 Å². The molecule has 4 heteroatoms. The summed E-state index contributed by atoms with van der Waals surface area (Å²) in [6, 6.07) is 20.3. The summed E-state index contributed by atoms with van der Waals surface area (Å²) < 4.78 is 5.18. The highest BCUT2D eigenvalue weighted by molar-refractivity contribution is 7.98. The molecule has 0 N–H and O–H groups in total. The molecule has 2 aromatic carbocycles. The summed E-state index contributed by atoms with van der Waals surface area (Å²) in [5, 5.41) is 0.805. The Kier molecular flexibility index (Phi) is 4.93. The van der Waals surface area contributed by atoms with Crippen LogP contribution in [0.3, 0.4) is 0 Å². The summed E-state index contributed by atoms with van der Waals surface area (Å²) in [6.45, 7) is 2.01. The van der Waals surface area contributed by atoms with E-state index in [0.717, 1.165) is 33.6 Å². The fraction of sp³-hybridized carbons (Fsp3) is 0.158. The molecule has 3 nitrogen and oxygen atoms in total. The lowest BCUT2D eigenvalue weighted by molar-refractivity contribution is 0.414. The molecule has 0 saturated carbocycles. The van der Waals surface area contributed by atoms with Crippen molar-refractivity contribution in [3.8, 4) is 17.0 Å². The highest BCUT2D eigenvalue weighted by Crippen LogP contribution is 2.24. The van der Waals surface area contributed by atoms with Gasteiger partial charge in [0, 0.05) is 17.0 Å². The molecule has 0 amide bonds. The maximum absolute atomic E-state index is 5.18. The molecule has 0 aliphatic rings. The first kappa shape index (κ1) is 15.6. The van der Waals surface area contributed by atoms with Crippen molar-refractivity contribution in [2.24, 2.45) is 0 Å². The maximum Gasteiger partial charge on any atom is 0.188 e. The number of methoxy groups -OCH3 is 1. The van der Waals surface area contributed by atoms with Crippen LogP contribution in [0.25, 0.3) is 11.3 Å². The van der Waals surface area contributed by atoms with E-state index in [1.807, 2.05) is 43.3 Å². The van der Waals surface area contributed by atoms with Gasteiger partial charge in [0.05, 0.1) is 12.8 Å². The van der Waals surface area contributed by atoms with Crippen LogP contribution >= 0.6 is 11.8 Å². The molecule has 0 aliphatic carbocycles. The molecule has 0 unspecified atom stereocenters. The van der Waals surface area contributed by atoms with Crippen molar-refractivity contribution in [3.05, 3.63) is 71.9 Å². The first-order chi connectivity index (χ1) is 11.2. The van der Waals surface area contributed by atoms with E-state index < -0.39 is 0 Å². The Morgan fingerprint density at radius 3 is 2.39 bits per heavy atom. The van der Waals surface area contributed by atoms with Crippen molar-refractivity contribution in [1.82, 2.24) is 9.97 Å². The number of hydrogen-bond acceptors (Lipinski definition) is 4. The third kappa shape index (κ3) is 4.11. The van der Waals surface area contributed by atoms with Gasteiger partial charge in [-0.3, -0.25) is 0 Å². The van der Waals surface area contributed by atoms with Gasteiger partial charge < -0.3 is 4.74 Å². The van der Waals surface area contributed by atoms with Crippen LogP contribution in [0.4, 0.5) is 0 Å². The van der Waals surface area contributed by atoms with Crippen LogP contribution in [0.2, 0.25) is 0 Å². The van der Waals surface area contributed by atoms with Crippen molar-refractivity contribution in [2.45, 2.75) is 17.8 Å². The van der Waals surface area contributed by atoms with Crippen LogP contribution in [0, 0.1) is 6.92 Å². The van der Waals surface area contributed by atoms with Crippen LogP contribution < -0.4 is 4.74 Å². The van der Waals surface area contributed by atoms with E-state index in [1.165, 1.54) is 5.56 Å². The molecule has 1 heterocycles. The number of aromatic nitrogens is 2. The second kappa shape index (κ2) is 7.29. The zero-order chi connectivity index (χ0) is 16.1. The van der Waals surface area contributed by atoms with Crippen molar-refractivity contribution in [1.29, 1.82) is 0 Å². The van der Waals surface area contributed by atoms with E-state index in [1.54, 1.807) is 18.9 Å². The van der Waals surface area contributed by atoms with Crippen LogP contribution in [0.5, 0.6) is 5.75 Å². The summed E-state index contributed by atoms with van der Waals surface area (Å²) in [6.07, 6.45) is 0. The molecule has 116 valence electrons. The topological polar surface area (TPSA) is 35.0 Å². The van der Waals surface area contributed by atoms with Crippen molar-refractivity contribution in [3.63, 3.8) is 0 Å². The second-order valence-electron chi connectivity index (χ2n) is 5.18. The minimum Gasteiger partial charge on any atom is -0.497 e. The molecule has 0 saturated heterocycles. The third-order valence-electron chi connectivity index (χ3n) is 3.43. The van der Waals surface area contributed by atoms with E-state index in [0.29, 0.717) is 0 Å². The molecule has 3 aromatic rings. The molecular weight excluding hydrogens is 304 g/mol. The van der Waals surface area contributed by atoms with Gasteiger partial charge in [-0.1, -0.05) is 54.2 Å². The molecule has 0 atom stereocenters. The van der Waals surface area contributed by atoms with E-state index >= 15 is 0 Å². The number of hydrogen-bond donors (Lipinski definition) is 0. The third-order valence-corrected chi connectivity index (χ3v) is 4.35. The molecule has 0 radical (unpaired) electrons. The number of thioether (sulfide) groups is 1. The van der Waals surface area contributed by atoms with Crippen LogP contribution in [-0.4, -0.2) is 17.1 Å². The van der Waals surface area contributed by atoms with E-state index in [-0.39, 0.29) is 0 Å². The number of benzene rings is 2. The van der Waals surface area contributed by atoms with Gasteiger partial charge in [0.2, 0.25) is 0 Å². The molecule has 23 heavy (non-hydrogen) atoms. The van der Waals surface area contributed by atoms with Gasteiger partial charge in [0.25, 0.3) is 0 Å². The largest absolute Gasteiger partial charge is 0.497 e. The van der Waals surface area contributed by atoms with E-state index in [4.69, 9.17) is 4.74 Å². The lowest BCUT2D eigenvalue weighted by atomic mass is 10.1. The van der Waals surface area contributed by atoms with Gasteiger partial charge in [-0.2, -0.15) is 0 Å². The van der Waals surface area contributed by atoms with Gasteiger partial charge in [0.1, 0.15) is 5.75 Å². The molecular formula is C19H18N2OS. The SMILES string of the molecule is COc1ccc(CSc2nc(C)cc(-c3ccccc3)n2)cc1. The maximum atomic E-state index is 5.18. The Morgan fingerprint density at radius 1 is 0.957 bits per heavy atom. The predicted octanol–water partition coefficient (Wildman–Crippen LogP) is 4.75. The second-order valence-corrected chi connectivity index (χ2v) is 6.12. The summed E-state index contributed by atoms with van der Waals surface area (Å²) >= 11 is 1.65. The molecule has 1 aromatic heterocycles. The fourth-order valence-corrected chi connectivity index (χ4v) is 3.09. The summed E-state index contributed by atoms with van der Waals surface area (Å²) in [5.41, 5.74) is 4.29. The van der Waals surface area contributed by atoms with Crippen LogP contribution in [0.15, 0.2) is 65.8 Å². The van der Waals surface area contributed by atoms with Crippen molar-refractivity contribution < 1.29 is 4.74 Å². The van der Waals surface area contributed by atoms with Gasteiger partial charge >= 0.3 is 0 Å². The van der Waals surface area contributed by atoms with E-state index in [9.17, 15) is 0 Å². The Hall–Kier alpha value is -2.33. The quantitative estimate of drug-likeness (QED) is 0.501. The molecule has 0 bridgehead atoms. The normalized spacial score (nSPS) is 10.5. The Balaban J connectivity index is 1.76. The summed E-state index contributed by atoms with van der Waals surface area (Å²) in [5.74, 6) is 1.71. The minimum absolute atomic E-state index is 0.805. The molecule has 3 rings (SSSR count). The van der Waals surface area contributed by atoms with Gasteiger partial charge in [-0.05, 0) is 30.7 Å². The zero-order valence-electron chi connectivity index (χ0n) is 13.2. The van der Waals surface area contributed by atoms with Gasteiger partial charge in [-0.25, -0.2) is 9.97 Å². The van der Waals surface area contributed by atoms with Crippen LogP contribution in [-0.2, 0) is 5.75 Å².